The standard InChI is InChI=1S/C14H14F2N2O2/c15-8-2-1-3-9(16)13(8)7-6-11(7)18-14(20)10-4-5-12(19)17-10/h1-3,7,10-11H,4-6H2,(H,17,19)(H,18,20)/t7-,10-,11-/m1/s1. The average molecular weight is 280 g/mol. The zero-order valence-corrected chi connectivity index (χ0v) is 10.7. The SMILES string of the molecule is O=C1CC[C@H](C(=O)N[C@@H]2C[C@H]2c2c(F)cccc2F)N1. The molecule has 1 aromatic carbocycles. The summed E-state index contributed by atoms with van der Waals surface area (Å²) in [6, 6.07) is 2.97. The van der Waals surface area contributed by atoms with Crippen LogP contribution in [0.25, 0.3) is 0 Å². The lowest BCUT2D eigenvalue weighted by molar-refractivity contribution is -0.125. The summed E-state index contributed by atoms with van der Waals surface area (Å²) in [7, 11) is 0. The van der Waals surface area contributed by atoms with Gasteiger partial charge in [-0.2, -0.15) is 0 Å². The predicted octanol–water partition coefficient (Wildman–Crippen LogP) is 1.22. The molecule has 106 valence electrons. The maximum atomic E-state index is 13.6. The fourth-order valence-corrected chi connectivity index (χ4v) is 2.63. The van der Waals surface area contributed by atoms with E-state index in [1.165, 1.54) is 18.2 Å². The van der Waals surface area contributed by atoms with Gasteiger partial charge in [-0.15, -0.1) is 0 Å². The lowest BCUT2D eigenvalue weighted by atomic mass is 10.1. The Balaban J connectivity index is 1.62. The molecule has 3 atom stereocenters. The molecule has 4 nitrogen and oxygen atoms in total. The molecule has 2 aliphatic rings. The van der Waals surface area contributed by atoms with E-state index in [0.717, 1.165) is 0 Å². The fraction of sp³-hybridized carbons (Fsp3) is 0.429. The van der Waals surface area contributed by atoms with Gasteiger partial charge in [0.2, 0.25) is 11.8 Å². The Morgan fingerprint density at radius 2 is 2.00 bits per heavy atom. The van der Waals surface area contributed by atoms with E-state index in [-0.39, 0.29) is 29.3 Å². The summed E-state index contributed by atoms with van der Waals surface area (Å²) in [5, 5.41) is 5.30. The fourth-order valence-electron chi connectivity index (χ4n) is 2.63. The van der Waals surface area contributed by atoms with Gasteiger partial charge in [0.1, 0.15) is 17.7 Å². The Bertz CT molecular complexity index is 556. The Morgan fingerprint density at radius 3 is 2.60 bits per heavy atom. The molecular weight excluding hydrogens is 266 g/mol. The number of nitrogens with one attached hydrogen (secondary N) is 2. The first-order chi connectivity index (χ1) is 9.56. The highest BCUT2D eigenvalue weighted by Gasteiger charge is 2.43. The summed E-state index contributed by atoms with van der Waals surface area (Å²) in [5.41, 5.74) is 0.0354. The normalized spacial score (nSPS) is 28.1. The Kier molecular flexibility index (Phi) is 3.16. The summed E-state index contributed by atoms with van der Waals surface area (Å²) < 4.78 is 27.2. The van der Waals surface area contributed by atoms with Crippen LogP contribution in [-0.4, -0.2) is 23.9 Å². The zero-order chi connectivity index (χ0) is 14.3. The van der Waals surface area contributed by atoms with Gasteiger partial charge in [-0.25, -0.2) is 8.78 Å². The minimum absolute atomic E-state index is 0.0354. The number of halogens is 2. The van der Waals surface area contributed by atoms with Crippen molar-refractivity contribution in [1.29, 1.82) is 0 Å². The summed E-state index contributed by atoms with van der Waals surface area (Å²) in [4.78, 5) is 22.9. The molecule has 20 heavy (non-hydrogen) atoms. The molecule has 1 heterocycles. The Hall–Kier alpha value is -1.98. The van der Waals surface area contributed by atoms with Crippen LogP contribution >= 0.6 is 0 Å². The van der Waals surface area contributed by atoms with Crippen LogP contribution in [0.5, 0.6) is 0 Å². The molecule has 3 rings (SSSR count). The number of benzene rings is 1. The predicted molar refractivity (Wildman–Crippen MR) is 66.8 cm³/mol. The monoisotopic (exact) mass is 280 g/mol. The minimum atomic E-state index is -0.582. The van der Waals surface area contributed by atoms with Gasteiger partial charge in [0.25, 0.3) is 0 Å². The van der Waals surface area contributed by atoms with Crippen molar-refractivity contribution in [2.45, 2.75) is 37.3 Å². The van der Waals surface area contributed by atoms with E-state index in [9.17, 15) is 18.4 Å². The Labute approximate surface area is 114 Å². The smallest absolute Gasteiger partial charge is 0.242 e. The van der Waals surface area contributed by atoms with E-state index in [1.54, 1.807) is 0 Å². The molecule has 1 aliphatic carbocycles. The van der Waals surface area contributed by atoms with Crippen molar-refractivity contribution in [3.05, 3.63) is 35.4 Å². The number of carbonyl (C=O) groups excluding carboxylic acids is 2. The zero-order valence-electron chi connectivity index (χ0n) is 10.7. The second-order valence-corrected chi connectivity index (χ2v) is 5.25. The van der Waals surface area contributed by atoms with Gasteiger partial charge in [-0.3, -0.25) is 9.59 Å². The summed E-state index contributed by atoms with van der Waals surface area (Å²) >= 11 is 0. The lowest BCUT2D eigenvalue weighted by Crippen LogP contribution is -2.42. The van der Waals surface area contributed by atoms with E-state index < -0.39 is 17.7 Å². The molecule has 0 aromatic heterocycles. The lowest BCUT2D eigenvalue weighted by Gasteiger charge is -2.11. The molecule has 2 amide bonds. The summed E-state index contributed by atoms with van der Waals surface area (Å²) in [5.74, 6) is -1.91. The highest BCUT2D eigenvalue weighted by atomic mass is 19.1. The molecule has 1 saturated carbocycles. The van der Waals surface area contributed by atoms with E-state index in [4.69, 9.17) is 0 Å². The van der Waals surface area contributed by atoms with Gasteiger partial charge in [0.05, 0.1) is 0 Å². The van der Waals surface area contributed by atoms with E-state index in [2.05, 4.69) is 10.6 Å². The van der Waals surface area contributed by atoms with Crippen LogP contribution < -0.4 is 10.6 Å². The highest BCUT2D eigenvalue weighted by Crippen LogP contribution is 2.43. The van der Waals surface area contributed by atoms with E-state index >= 15 is 0 Å². The maximum Gasteiger partial charge on any atom is 0.242 e. The topological polar surface area (TPSA) is 58.2 Å². The van der Waals surface area contributed by atoms with Crippen molar-refractivity contribution < 1.29 is 18.4 Å². The molecular formula is C14H14F2N2O2. The third kappa shape index (κ3) is 2.37. The van der Waals surface area contributed by atoms with E-state index in [0.29, 0.717) is 19.3 Å². The molecule has 1 aliphatic heterocycles. The first kappa shape index (κ1) is 13.0. The summed E-state index contributed by atoms with van der Waals surface area (Å²) in [6.07, 6.45) is 1.33. The molecule has 0 bridgehead atoms. The van der Waals surface area contributed by atoms with Gasteiger partial charge in [0, 0.05) is 23.9 Å². The maximum absolute atomic E-state index is 13.6. The Morgan fingerprint density at radius 1 is 1.30 bits per heavy atom. The number of hydrogen-bond acceptors (Lipinski definition) is 2. The third-order valence-electron chi connectivity index (χ3n) is 3.80. The van der Waals surface area contributed by atoms with Crippen LogP contribution in [0.1, 0.15) is 30.7 Å². The van der Waals surface area contributed by atoms with Crippen molar-refractivity contribution in [3.63, 3.8) is 0 Å². The van der Waals surface area contributed by atoms with Crippen LogP contribution in [0.3, 0.4) is 0 Å². The molecule has 1 aromatic rings. The molecule has 0 spiro atoms. The second kappa shape index (κ2) is 4.85. The molecule has 1 saturated heterocycles. The van der Waals surface area contributed by atoms with Gasteiger partial charge in [0.15, 0.2) is 0 Å². The van der Waals surface area contributed by atoms with Crippen LogP contribution in [0, 0.1) is 11.6 Å². The van der Waals surface area contributed by atoms with Crippen LogP contribution in [-0.2, 0) is 9.59 Å². The van der Waals surface area contributed by atoms with E-state index in [1.807, 2.05) is 0 Å². The molecule has 6 heteroatoms. The molecule has 2 fully saturated rings. The van der Waals surface area contributed by atoms with Crippen LogP contribution in [0.2, 0.25) is 0 Å². The first-order valence-corrected chi connectivity index (χ1v) is 6.60. The van der Waals surface area contributed by atoms with Gasteiger partial charge in [-0.1, -0.05) is 6.07 Å². The van der Waals surface area contributed by atoms with Gasteiger partial charge < -0.3 is 10.6 Å². The number of carbonyl (C=O) groups is 2. The highest BCUT2D eigenvalue weighted by molar-refractivity contribution is 5.91. The third-order valence-corrected chi connectivity index (χ3v) is 3.80. The second-order valence-electron chi connectivity index (χ2n) is 5.25. The van der Waals surface area contributed by atoms with Crippen molar-refractivity contribution in [2.24, 2.45) is 0 Å². The number of hydrogen-bond donors (Lipinski definition) is 2. The molecule has 0 radical (unpaired) electrons. The number of rotatable bonds is 3. The molecule has 2 N–H and O–H groups in total. The van der Waals surface area contributed by atoms with Crippen molar-refractivity contribution in [1.82, 2.24) is 10.6 Å². The van der Waals surface area contributed by atoms with Crippen molar-refractivity contribution >= 4 is 11.8 Å². The molecule has 0 unspecified atom stereocenters. The minimum Gasteiger partial charge on any atom is -0.351 e. The van der Waals surface area contributed by atoms with Crippen molar-refractivity contribution in [2.75, 3.05) is 0 Å². The quantitative estimate of drug-likeness (QED) is 0.874. The number of amides is 2. The summed E-state index contributed by atoms with van der Waals surface area (Å²) in [6.45, 7) is 0. The largest absolute Gasteiger partial charge is 0.351 e. The first-order valence-electron chi connectivity index (χ1n) is 6.60. The van der Waals surface area contributed by atoms with Gasteiger partial charge >= 0.3 is 0 Å². The average Bonchev–Trinajstić information content (AvgIpc) is 2.97. The van der Waals surface area contributed by atoms with Crippen LogP contribution in [0.15, 0.2) is 18.2 Å². The van der Waals surface area contributed by atoms with Crippen LogP contribution in [0.4, 0.5) is 8.78 Å². The van der Waals surface area contributed by atoms with Crippen molar-refractivity contribution in [3.8, 4) is 0 Å². The van der Waals surface area contributed by atoms with Gasteiger partial charge in [-0.05, 0) is 25.0 Å².